The highest BCUT2D eigenvalue weighted by atomic mass is 19.1. The van der Waals surface area contributed by atoms with Gasteiger partial charge < -0.3 is 28.6 Å². The zero-order valence-corrected chi connectivity index (χ0v) is 19.7. The van der Waals surface area contributed by atoms with Gasteiger partial charge in [-0.05, 0) is 49.8 Å². The highest BCUT2D eigenvalue weighted by Gasteiger charge is 2.53. The van der Waals surface area contributed by atoms with E-state index in [4.69, 9.17) is 23.7 Å². The van der Waals surface area contributed by atoms with Crippen LogP contribution in [0.3, 0.4) is 0 Å². The lowest BCUT2D eigenvalue weighted by Crippen LogP contribution is -2.42. The number of ether oxygens (including phenoxy) is 5. The zero-order valence-electron chi connectivity index (χ0n) is 19.7. The Morgan fingerprint density at radius 2 is 1.79 bits per heavy atom. The molecule has 184 valence electrons. The van der Waals surface area contributed by atoms with Gasteiger partial charge in [0, 0.05) is 13.2 Å². The van der Waals surface area contributed by atoms with Gasteiger partial charge in [0.2, 0.25) is 5.75 Å². The summed E-state index contributed by atoms with van der Waals surface area (Å²) < 4.78 is 42.7. The van der Waals surface area contributed by atoms with Gasteiger partial charge in [-0.15, -0.1) is 0 Å². The Labute approximate surface area is 197 Å². The highest BCUT2D eigenvalue weighted by Crippen LogP contribution is 2.50. The molecule has 3 aliphatic heterocycles. The molecule has 1 saturated heterocycles. The van der Waals surface area contributed by atoms with Gasteiger partial charge in [-0.2, -0.15) is 0 Å². The second kappa shape index (κ2) is 9.09. The molecule has 8 nitrogen and oxygen atoms in total. The van der Waals surface area contributed by atoms with Gasteiger partial charge in [0.25, 0.3) is 5.91 Å². The van der Waals surface area contributed by atoms with E-state index in [-0.39, 0.29) is 35.5 Å². The molecule has 1 aromatic carbocycles. The third-order valence-electron chi connectivity index (χ3n) is 7.31. The lowest BCUT2D eigenvalue weighted by atomic mass is 9.77. The van der Waals surface area contributed by atoms with Crippen molar-refractivity contribution in [3.63, 3.8) is 0 Å². The van der Waals surface area contributed by atoms with Crippen molar-refractivity contribution < 1.29 is 37.7 Å². The summed E-state index contributed by atoms with van der Waals surface area (Å²) in [6.45, 7) is 0.969. The van der Waals surface area contributed by atoms with Gasteiger partial charge in [-0.25, -0.2) is 4.39 Å². The number of nitrogens with zero attached hydrogens (tertiary/aromatic N) is 1. The van der Waals surface area contributed by atoms with Crippen molar-refractivity contribution >= 4 is 11.7 Å². The second-order valence-electron chi connectivity index (χ2n) is 9.23. The normalized spacial score (nSPS) is 30.7. The molecule has 5 rings (SSSR count). The summed E-state index contributed by atoms with van der Waals surface area (Å²) in [4.78, 5) is 29.0. The van der Waals surface area contributed by atoms with Crippen molar-refractivity contribution in [2.75, 3.05) is 34.5 Å². The maximum absolute atomic E-state index is 14.2. The van der Waals surface area contributed by atoms with Gasteiger partial charge >= 0.3 is 0 Å². The predicted molar refractivity (Wildman–Crippen MR) is 119 cm³/mol. The van der Waals surface area contributed by atoms with Crippen LogP contribution in [0.5, 0.6) is 17.2 Å². The van der Waals surface area contributed by atoms with Gasteiger partial charge in [-0.1, -0.05) is 0 Å². The van der Waals surface area contributed by atoms with Crippen LogP contribution in [0, 0.1) is 5.92 Å². The number of carbonyl (C=O) groups is 2. The monoisotopic (exact) mass is 475 g/mol. The number of benzene rings is 1. The van der Waals surface area contributed by atoms with Crippen LogP contribution in [0.4, 0.5) is 4.39 Å². The van der Waals surface area contributed by atoms with E-state index < -0.39 is 24.2 Å². The van der Waals surface area contributed by atoms with Gasteiger partial charge in [0.15, 0.2) is 23.0 Å². The summed E-state index contributed by atoms with van der Waals surface area (Å²) in [5, 5.41) is 0. The fourth-order valence-corrected chi connectivity index (χ4v) is 5.66. The molecule has 1 saturated carbocycles. The highest BCUT2D eigenvalue weighted by molar-refractivity contribution is 6.11. The Morgan fingerprint density at radius 1 is 1.06 bits per heavy atom. The molecule has 5 atom stereocenters. The Balaban J connectivity index is 1.61. The van der Waals surface area contributed by atoms with Gasteiger partial charge in [0.05, 0.1) is 45.0 Å². The number of hydrogen-bond acceptors (Lipinski definition) is 7. The zero-order chi connectivity index (χ0) is 24.0. The van der Waals surface area contributed by atoms with E-state index in [0.717, 1.165) is 12.8 Å². The summed E-state index contributed by atoms with van der Waals surface area (Å²) in [6, 6.07) is 2.78. The molecule has 0 bridgehead atoms. The third-order valence-corrected chi connectivity index (χ3v) is 7.31. The molecule has 2 fully saturated rings. The van der Waals surface area contributed by atoms with Crippen LogP contribution in [0.1, 0.15) is 43.7 Å². The quantitative estimate of drug-likeness (QED) is 0.625. The largest absolute Gasteiger partial charge is 0.493 e. The standard InChI is InChI=1S/C25H30FNO7/c1-30-18-9-13(10-19(31-2)23(18)32-3)21-20-22(28)16-11-14(26)6-7-17(16)34-24(20)25(29)27(21)12-15-5-4-8-33-15/h9-10,14-17,21H,4-8,11-12H2,1-3H3. The number of carbonyl (C=O) groups excluding carboxylic acids is 2. The number of alkyl halides is 1. The first-order valence-corrected chi connectivity index (χ1v) is 11.8. The Bertz CT molecular complexity index is 994. The van der Waals surface area contributed by atoms with E-state index in [1.54, 1.807) is 17.0 Å². The molecule has 0 N–H and O–H groups in total. The first-order chi connectivity index (χ1) is 16.5. The number of Topliss-reactive ketones (excluding diaryl/α,β-unsaturated/α-hetero) is 1. The lowest BCUT2D eigenvalue weighted by molar-refractivity contribution is -0.137. The number of hydrogen-bond donors (Lipinski definition) is 0. The average molecular weight is 476 g/mol. The second-order valence-corrected chi connectivity index (χ2v) is 9.23. The van der Waals surface area contributed by atoms with Crippen LogP contribution in [-0.2, 0) is 19.1 Å². The number of amides is 1. The summed E-state index contributed by atoms with van der Waals surface area (Å²) >= 11 is 0. The van der Waals surface area contributed by atoms with Gasteiger partial charge in [-0.3, -0.25) is 9.59 Å². The minimum Gasteiger partial charge on any atom is -0.493 e. The maximum atomic E-state index is 14.2. The molecule has 0 spiro atoms. The minimum absolute atomic E-state index is 0.0836. The minimum atomic E-state index is -1.05. The topological polar surface area (TPSA) is 83.5 Å². The molecular weight excluding hydrogens is 445 g/mol. The lowest BCUT2D eigenvalue weighted by Gasteiger charge is -2.36. The van der Waals surface area contributed by atoms with E-state index in [2.05, 4.69) is 0 Å². The van der Waals surface area contributed by atoms with Crippen molar-refractivity contribution in [2.24, 2.45) is 5.92 Å². The Hall–Kier alpha value is -2.81. The summed E-state index contributed by atoms with van der Waals surface area (Å²) in [5.74, 6) is 0.187. The van der Waals surface area contributed by atoms with Crippen molar-refractivity contribution in [3.05, 3.63) is 29.0 Å². The molecule has 3 heterocycles. The molecule has 0 aromatic heterocycles. The molecule has 4 aliphatic rings. The SMILES string of the molecule is COc1cc(C2C3=C(OC4CCC(F)CC4C3=O)C(=O)N2CC2CCCO2)cc(OC)c1OC. The van der Waals surface area contributed by atoms with Crippen LogP contribution in [0.2, 0.25) is 0 Å². The first kappa shape index (κ1) is 23.0. The molecular formula is C25H30FNO7. The van der Waals surface area contributed by atoms with E-state index in [1.807, 2.05) is 0 Å². The van der Waals surface area contributed by atoms with Crippen LogP contribution >= 0.6 is 0 Å². The van der Waals surface area contributed by atoms with Crippen molar-refractivity contribution in [2.45, 2.75) is 56.5 Å². The number of ketones is 1. The Kier molecular flexibility index (Phi) is 6.14. The molecule has 1 amide bonds. The number of fused-ring (bicyclic) bond motifs is 1. The van der Waals surface area contributed by atoms with E-state index in [0.29, 0.717) is 48.8 Å². The molecule has 9 heteroatoms. The number of halogens is 1. The summed E-state index contributed by atoms with van der Waals surface area (Å²) in [7, 11) is 4.54. The van der Waals surface area contributed by atoms with Crippen molar-refractivity contribution in [1.29, 1.82) is 0 Å². The number of rotatable bonds is 6. The number of methoxy groups -OCH3 is 3. The maximum Gasteiger partial charge on any atom is 0.290 e. The van der Waals surface area contributed by atoms with Crippen LogP contribution in [-0.4, -0.2) is 69.5 Å². The summed E-state index contributed by atoms with van der Waals surface area (Å²) in [5.41, 5.74) is 0.918. The van der Waals surface area contributed by atoms with Gasteiger partial charge in [0.1, 0.15) is 12.3 Å². The van der Waals surface area contributed by atoms with Crippen LogP contribution < -0.4 is 14.2 Å². The van der Waals surface area contributed by atoms with Crippen LogP contribution in [0.15, 0.2) is 23.5 Å². The summed E-state index contributed by atoms with van der Waals surface area (Å²) in [6.07, 6.45) is 0.987. The van der Waals surface area contributed by atoms with E-state index in [1.165, 1.54) is 21.3 Å². The van der Waals surface area contributed by atoms with E-state index >= 15 is 0 Å². The van der Waals surface area contributed by atoms with Crippen LogP contribution in [0.25, 0.3) is 0 Å². The van der Waals surface area contributed by atoms with Crippen molar-refractivity contribution in [1.82, 2.24) is 4.90 Å². The van der Waals surface area contributed by atoms with Crippen molar-refractivity contribution in [3.8, 4) is 17.2 Å². The average Bonchev–Trinajstić information content (AvgIpc) is 3.46. The third kappa shape index (κ3) is 3.70. The molecule has 0 radical (unpaired) electrons. The predicted octanol–water partition coefficient (Wildman–Crippen LogP) is 3.13. The fraction of sp³-hybridized carbons (Fsp3) is 0.600. The molecule has 1 aliphatic carbocycles. The smallest absolute Gasteiger partial charge is 0.290 e. The van der Waals surface area contributed by atoms with E-state index in [9.17, 15) is 14.0 Å². The molecule has 34 heavy (non-hydrogen) atoms. The first-order valence-electron chi connectivity index (χ1n) is 11.8. The molecule has 1 aromatic rings. The molecule has 5 unspecified atom stereocenters. The Morgan fingerprint density at radius 3 is 2.41 bits per heavy atom. The fourth-order valence-electron chi connectivity index (χ4n) is 5.66.